The second-order valence-electron chi connectivity index (χ2n) is 30.5. The van der Waals surface area contributed by atoms with Gasteiger partial charge in [-0.3, -0.25) is 67.5 Å². The standard InChI is InChI=1S/C81H140F8N4O21/c1-4-7-10-13-16-19-22-25-28-31-34-37-40-43-67(94)62-114-77(64-112-74(107)44-41-38-35-32-29-26-23-20-17-14-11-8-5-2,65-113-75(108)45-42-39-36-33-30-27-24-21-18-15-12-9-6-3)63-110-53-48-79(84,85)81(88,89)80(86,87)78(82,83)47-46-76(109)111-61-66(93(59-72(103)104)60-73(105)106)54-91(56-69(97)98)51-49-90(55-68(95)96)50-52-92(57-70(99)100)58-71(101)102/h66H,4-65H2,1-3H3,(H,95,96)(H,97,98)(H,99,100)(H,101,102)(H,103,104)(H,105,106). The van der Waals surface area contributed by atoms with Crippen molar-refractivity contribution >= 4 is 59.5 Å². The van der Waals surface area contributed by atoms with Gasteiger partial charge in [0.15, 0.2) is 11.4 Å². The highest BCUT2D eigenvalue weighted by Gasteiger charge is 2.79. The van der Waals surface area contributed by atoms with E-state index in [1.807, 2.05) is 0 Å². The van der Waals surface area contributed by atoms with Gasteiger partial charge in [0.2, 0.25) is 0 Å². The van der Waals surface area contributed by atoms with Crippen molar-refractivity contribution in [3.05, 3.63) is 0 Å². The van der Waals surface area contributed by atoms with Crippen molar-refractivity contribution in [2.45, 2.75) is 345 Å². The van der Waals surface area contributed by atoms with Gasteiger partial charge in [0.25, 0.3) is 0 Å². The fourth-order valence-electron chi connectivity index (χ4n) is 13.1. The molecule has 0 bridgehead atoms. The molecular weight excluding hydrogens is 1520 g/mol. The van der Waals surface area contributed by atoms with E-state index in [1.54, 1.807) is 0 Å². The zero-order valence-electron chi connectivity index (χ0n) is 68.5. The van der Waals surface area contributed by atoms with Crippen LogP contribution in [-0.2, 0) is 71.6 Å². The maximum absolute atomic E-state index is 15.8. The Kier molecular flexibility index (Phi) is 61.7. The van der Waals surface area contributed by atoms with Crippen molar-refractivity contribution < 1.29 is 137 Å². The Morgan fingerprint density at radius 2 is 0.614 bits per heavy atom. The molecule has 0 aromatic rings. The van der Waals surface area contributed by atoms with Crippen molar-refractivity contribution in [1.82, 2.24) is 19.6 Å². The molecular formula is C81H140F8N4O21. The molecule has 6 N–H and O–H groups in total. The lowest BCUT2D eigenvalue weighted by Gasteiger charge is -2.37. The van der Waals surface area contributed by atoms with Crippen LogP contribution in [0.2, 0.25) is 0 Å². The third-order valence-corrected chi connectivity index (χ3v) is 19.9. The minimum absolute atomic E-state index is 0.00863. The Morgan fingerprint density at radius 3 is 0.965 bits per heavy atom. The van der Waals surface area contributed by atoms with Gasteiger partial charge in [-0.1, -0.05) is 252 Å². The lowest BCUT2D eigenvalue weighted by atomic mass is 9.94. The van der Waals surface area contributed by atoms with E-state index in [0.717, 1.165) is 111 Å². The van der Waals surface area contributed by atoms with E-state index in [1.165, 1.54) is 116 Å². The number of alkyl halides is 8. The molecule has 666 valence electrons. The Morgan fingerprint density at radius 1 is 0.325 bits per heavy atom. The van der Waals surface area contributed by atoms with Gasteiger partial charge in [0, 0.05) is 64.8 Å². The van der Waals surface area contributed by atoms with Crippen LogP contribution >= 0.6 is 0 Å². The average Bonchev–Trinajstić information content (AvgIpc) is 0.740. The summed E-state index contributed by atoms with van der Waals surface area (Å²) in [6.07, 6.45) is 32.9. The minimum Gasteiger partial charge on any atom is -0.480 e. The first kappa shape index (κ1) is 108. The van der Waals surface area contributed by atoms with Crippen LogP contribution in [0, 0.1) is 0 Å². The molecule has 25 nitrogen and oxygen atoms in total. The predicted octanol–water partition coefficient (Wildman–Crippen LogP) is 16.2. The molecule has 1 unspecified atom stereocenters. The monoisotopic (exact) mass is 1660 g/mol. The van der Waals surface area contributed by atoms with E-state index in [-0.39, 0.29) is 32.4 Å². The van der Waals surface area contributed by atoms with Crippen molar-refractivity contribution in [3.63, 3.8) is 0 Å². The van der Waals surface area contributed by atoms with Gasteiger partial charge in [-0.2, -0.15) is 35.1 Å². The van der Waals surface area contributed by atoms with Crippen LogP contribution in [0.3, 0.4) is 0 Å². The third-order valence-electron chi connectivity index (χ3n) is 19.9. The third kappa shape index (κ3) is 54.9. The molecule has 114 heavy (non-hydrogen) atoms. The lowest BCUT2D eigenvalue weighted by molar-refractivity contribution is -0.368. The molecule has 0 amide bonds. The summed E-state index contributed by atoms with van der Waals surface area (Å²) in [6.45, 7) is -8.08. The van der Waals surface area contributed by atoms with Gasteiger partial charge in [-0.25, -0.2) is 0 Å². The largest absolute Gasteiger partial charge is 0.480 e. The Labute approximate surface area is 670 Å². The summed E-state index contributed by atoms with van der Waals surface area (Å²) in [5.74, 6) is -39.5. The van der Waals surface area contributed by atoms with Gasteiger partial charge in [0.05, 0.1) is 64.9 Å². The molecule has 0 aliphatic carbocycles. The molecule has 0 aromatic heterocycles. The van der Waals surface area contributed by atoms with E-state index < -0.39 is 213 Å². The van der Waals surface area contributed by atoms with Crippen LogP contribution in [0.5, 0.6) is 0 Å². The first-order valence-corrected chi connectivity index (χ1v) is 42.0. The lowest BCUT2D eigenvalue weighted by Crippen LogP contribution is -2.62. The number of nitrogens with zero attached hydrogens (tertiary/aromatic N) is 4. The number of Topliss-reactive ketones (excluding diaryl/α,β-unsaturated/α-hetero) is 1. The van der Waals surface area contributed by atoms with Crippen LogP contribution < -0.4 is 0 Å². The Hall–Kier alpha value is -5.90. The van der Waals surface area contributed by atoms with Gasteiger partial charge < -0.3 is 54.3 Å². The molecule has 1 atom stereocenters. The number of ketones is 1. The Bertz CT molecular complexity index is 2490. The molecule has 0 aliphatic rings. The van der Waals surface area contributed by atoms with E-state index in [9.17, 15) is 78.6 Å². The van der Waals surface area contributed by atoms with Crippen molar-refractivity contribution in [1.29, 1.82) is 0 Å². The number of halogens is 8. The maximum Gasteiger partial charge on any atom is 0.378 e. The average molecular weight is 1660 g/mol. The Balaban J connectivity index is 6.77. The van der Waals surface area contributed by atoms with Crippen LogP contribution in [-0.4, -0.2) is 257 Å². The summed E-state index contributed by atoms with van der Waals surface area (Å²) in [5, 5.41) is 57.1. The molecule has 0 saturated heterocycles. The highest BCUT2D eigenvalue weighted by molar-refractivity contribution is 5.79. The second kappa shape index (κ2) is 65.1. The number of esters is 3. The molecule has 0 saturated carbocycles. The highest BCUT2D eigenvalue weighted by atomic mass is 19.4. The van der Waals surface area contributed by atoms with Crippen LogP contribution in [0.15, 0.2) is 0 Å². The molecule has 33 heteroatoms. The molecule has 0 rings (SSSR count). The molecule has 0 aliphatic heterocycles. The van der Waals surface area contributed by atoms with Crippen molar-refractivity contribution in [2.24, 2.45) is 0 Å². The number of hydrogen-bond acceptors (Lipinski definition) is 19. The quantitative estimate of drug-likeness (QED) is 0.0143. The van der Waals surface area contributed by atoms with Gasteiger partial charge >= 0.3 is 77.4 Å². The second-order valence-corrected chi connectivity index (χ2v) is 30.5. The number of unbranched alkanes of at least 4 members (excludes halogenated alkanes) is 36. The molecule has 0 aromatic carbocycles. The summed E-state index contributed by atoms with van der Waals surface area (Å²) in [7, 11) is 0. The van der Waals surface area contributed by atoms with Gasteiger partial charge in [-0.05, 0) is 19.3 Å². The smallest absolute Gasteiger partial charge is 0.378 e. The first-order valence-electron chi connectivity index (χ1n) is 42.0. The number of carbonyl (C=O) groups excluding carboxylic acids is 4. The van der Waals surface area contributed by atoms with Crippen molar-refractivity contribution in [2.75, 3.05) is 112 Å². The normalized spacial score (nSPS) is 12.6. The fourth-order valence-corrected chi connectivity index (χ4v) is 13.1. The van der Waals surface area contributed by atoms with Crippen LogP contribution in [0.25, 0.3) is 0 Å². The first-order chi connectivity index (χ1) is 54.1. The van der Waals surface area contributed by atoms with Crippen molar-refractivity contribution in [3.8, 4) is 0 Å². The van der Waals surface area contributed by atoms with E-state index in [0.29, 0.717) is 43.4 Å². The number of carboxylic acid groups (broad SMARTS) is 6. The highest BCUT2D eigenvalue weighted by Crippen LogP contribution is 2.55. The van der Waals surface area contributed by atoms with E-state index >= 15 is 35.1 Å². The number of ether oxygens (including phenoxy) is 5. The van der Waals surface area contributed by atoms with Crippen LogP contribution in [0.4, 0.5) is 35.1 Å². The SMILES string of the molecule is CCCCCCCCCCCCCCCC(=O)COC(COCCC(F)(F)C(F)(F)C(F)(F)C(F)(F)CCC(=O)OCC(CN(CCN(CCN(CC(=O)O)CC(=O)O)CC(=O)O)CC(=O)O)N(CC(=O)O)CC(=O)O)(COC(=O)CCCCCCCCCCCCCCC)COC(=O)CCCCCCCCCCCCCCC. The molecule has 0 heterocycles. The summed E-state index contributed by atoms with van der Waals surface area (Å²) in [5.41, 5.74) is -2.21. The summed E-state index contributed by atoms with van der Waals surface area (Å²) < 4.78 is 153. The number of hydrogen-bond donors (Lipinski definition) is 6. The van der Waals surface area contributed by atoms with E-state index in [2.05, 4.69) is 20.8 Å². The fraction of sp³-hybridized carbons (Fsp3) is 0.877. The zero-order chi connectivity index (χ0) is 85.5. The summed E-state index contributed by atoms with van der Waals surface area (Å²) in [6, 6.07) is -1.76. The van der Waals surface area contributed by atoms with Gasteiger partial charge in [0.1, 0.15) is 26.4 Å². The number of aliphatic carboxylic acids is 6. The van der Waals surface area contributed by atoms with Crippen LogP contribution in [0.1, 0.15) is 310 Å². The van der Waals surface area contributed by atoms with Gasteiger partial charge in [-0.15, -0.1) is 0 Å². The number of rotatable bonds is 83. The molecule has 0 fully saturated rings. The topological polar surface area (TPSA) is 351 Å². The minimum atomic E-state index is -6.97. The summed E-state index contributed by atoms with van der Waals surface area (Å²) in [4.78, 5) is 127. The molecule has 0 spiro atoms. The predicted molar refractivity (Wildman–Crippen MR) is 412 cm³/mol. The summed E-state index contributed by atoms with van der Waals surface area (Å²) >= 11 is 0. The van der Waals surface area contributed by atoms with E-state index in [4.69, 9.17) is 23.7 Å². The number of carbonyl (C=O) groups is 10. The molecule has 0 radical (unpaired) electrons. The number of carboxylic acids is 6. The maximum atomic E-state index is 15.8. The zero-order valence-corrected chi connectivity index (χ0v) is 68.5.